The molecule has 1 aliphatic carbocycles. The first-order valence-electron chi connectivity index (χ1n) is 2.97. The molecule has 0 aliphatic heterocycles. The first-order valence-corrected chi connectivity index (χ1v) is 2.97. The molecule has 0 aromatic heterocycles. The zero-order valence-corrected chi connectivity index (χ0v) is 5.57. The molecule has 0 saturated heterocycles. The Morgan fingerprint density at radius 1 is 1.60 bits per heavy atom. The third-order valence-corrected chi connectivity index (χ3v) is 1.39. The fraction of sp³-hybridized carbons (Fsp3) is 0.286. The minimum atomic E-state index is -0.433. The second kappa shape index (κ2) is 2.56. The number of ketones is 1. The number of hydrogen-bond donors (Lipinski definition) is 0. The minimum Gasteiger partial charge on any atom is -0.290 e. The van der Waals surface area contributed by atoms with Crippen LogP contribution in [-0.4, -0.2) is 11.8 Å². The van der Waals surface area contributed by atoms with Gasteiger partial charge in [0.2, 0.25) is 0 Å². The Kier molecular flexibility index (Phi) is 1.76. The molecule has 0 spiro atoms. The molecule has 0 N–H and O–H groups in total. The zero-order valence-electron chi connectivity index (χ0n) is 5.57. The maximum Gasteiger partial charge on any atom is 0.178 e. The van der Waals surface area contributed by atoms with Gasteiger partial charge in [-0.1, -0.05) is 5.18 Å². The Morgan fingerprint density at radius 3 is 2.80 bits per heavy atom. The molecule has 1 unspecified atom stereocenters. The molecule has 10 heavy (non-hydrogen) atoms. The van der Waals surface area contributed by atoms with Gasteiger partial charge in [-0.2, -0.15) is 0 Å². The van der Waals surface area contributed by atoms with Gasteiger partial charge in [0.15, 0.2) is 5.78 Å². The van der Waals surface area contributed by atoms with Gasteiger partial charge in [-0.15, -0.1) is 4.91 Å². The van der Waals surface area contributed by atoms with E-state index in [4.69, 9.17) is 0 Å². The van der Waals surface area contributed by atoms with Crippen LogP contribution < -0.4 is 0 Å². The van der Waals surface area contributed by atoms with E-state index in [0.717, 1.165) is 0 Å². The van der Waals surface area contributed by atoms with Gasteiger partial charge in [-0.3, -0.25) is 4.79 Å². The van der Waals surface area contributed by atoms with Crippen LogP contribution >= 0.6 is 0 Å². The van der Waals surface area contributed by atoms with Crippen LogP contribution in [0.3, 0.4) is 0 Å². The van der Waals surface area contributed by atoms with Gasteiger partial charge in [0.25, 0.3) is 0 Å². The van der Waals surface area contributed by atoms with Crippen molar-refractivity contribution in [2.24, 2.45) is 5.18 Å². The highest BCUT2D eigenvalue weighted by atomic mass is 16.3. The molecule has 0 aromatic carbocycles. The highest BCUT2D eigenvalue weighted by Crippen LogP contribution is 2.11. The lowest BCUT2D eigenvalue weighted by atomic mass is 10.0. The van der Waals surface area contributed by atoms with Crippen molar-refractivity contribution < 1.29 is 4.79 Å². The maximum absolute atomic E-state index is 10.6. The average molecular weight is 137 g/mol. The van der Waals surface area contributed by atoms with Crippen LogP contribution in [0.15, 0.2) is 29.0 Å². The number of rotatable bonds is 1. The van der Waals surface area contributed by atoms with Crippen LogP contribution in [0.2, 0.25) is 0 Å². The van der Waals surface area contributed by atoms with Crippen LogP contribution in [0.25, 0.3) is 0 Å². The lowest BCUT2D eigenvalue weighted by Gasteiger charge is -2.06. The lowest BCUT2D eigenvalue weighted by molar-refractivity contribution is -0.110. The molecular weight excluding hydrogens is 130 g/mol. The number of nitroso groups, excluding NO2 is 1. The molecule has 3 nitrogen and oxygen atoms in total. The van der Waals surface area contributed by atoms with E-state index in [2.05, 4.69) is 5.18 Å². The fourth-order valence-electron chi connectivity index (χ4n) is 0.814. The van der Waals surface area contributed by atoms with Gasteiger partial charge in [-0.25, -0.2) is 0 Å². The Hall–Kier alpha value is -1.25. The Balaban J connectivity index is 2.85. The van der Waals surface area contributed by atoms with E-state index >= 15 is 0 Å². The normalized spacial score (nSPS) is 24.3. The number of nitrogens with zero attached hydrogens (tertiary/aromatic N) is 1. The van der Waals surface area contributed by atoms with Crippen molar-refractivity contribution in [3.8, 4) is 0 Å². The van der Waals surface area contributed by atoms with Crippen LogP contribution in [-0.2, 0) is 4.79 Å². The summed E-state index contributed by atoms with van der Waals surface area (Å²) in [5.41, 5.74) is 0.711. The molecule has 0 aromatic rings. The predicted octanol–water partition coefficient (Wildman–Crippen LogP) is 1.21. The molecule has 52 valence electrons. The topological polar surface area (TPSA) is 46.5 Å². The van der Waals surface area contributed by atoms with E-state index in [1.807, 2.05) is 0 Å². The Morgan fingerprint density at radius 2 is 2.30 bits per heavy atom. The third kappa shape index (κ3) is 1.18. The number of allylic oxidation sites excluding steroid dienone is 2. The molecule has 0 radical (unpaired) electrons. The summed E-state index contributed by atoms with van der Waals surface area (Å²) in [6.07, 6.45) is 4.29. The molecule has 0 heterocycles. The van der Waals surface area contributed by atoms with Crippen molar-refractivity contribution in [2.45, 2.75) is 13.0 Å². The second-order valence-electron chi connectivity index (χ2n) is 2.20. The van der Waals surface area contributed by atoms with E-state index < -0.39 is 6.04 Å². The molecule has 3 heteroatoms. The predicted molar refractivity (Wildman–Crippen MR) is 37.5 cm³/mol. The molecule has 1 atom stereocenters. The maximum atomic E-state index is 10.6. The largest absolute Gasteiger partial charge is 0.290 e. The van der Waals surface area contributed by atoms with Gasteiger partial charge in [0.1, 0.15) is 6.04 Å². The van der Waals surface area contributed by atoms with Crippen LogP contribution in [0, 0.1) is 4.91 Å². The fourth-order valence-corrected chi connectivity index (χ4v) is 0.814. The minimum absolute atomic E-state index is 0.0719. The second-order valence-corrected chi connectivity index (χ2v) is 2.20. The average Bonchev–Trinajstić information content (AvgIpc) is 1.88. The number of hydrogen-bond acceptors (Lipinski definition) is 3. The highest BCUT2D eigenvalue weighted by Gasteiger charge is 2.11. The smallest absolute Gasteiger partial charge is 0.178 e. The van der Waals surface area contributed by atoms with E-state index in [9.17, 15) is 9.70 Å². The molecule has 0 saturated carbocycles. The van der Waals surface area contributed by atoms with Gasteiger partial charge in [0, 0.05) is 0 Å². The van der Waals surface area contributed by atoms with Gasteiger partial charge in [0.05, 0.1) is 0 Å². The molecule has 0 bridgehead atoms. The molecule has 1 rings (SSSR count). The summed E-state index contributed by atoms with van der Waals surface area (Å²) in [7, 11) is 0. The standard InChI is InChI=1S/C7H7NO2/c1-5-4-6(9)2-3-7(5)8-10/h2-4,7H,1H3. The Labute approximate surface area is 58.4 Å². The van der Waals surface area contributed by atoms with Gasteiger partial charge >= 0.3 is 0 Å². The first kappa shape index (κ1) is 6.86. The summed E-state index contributed by atoms with van der Waals surface area (Å²) in [5, 5.41) is 2.81. The van der Waals surface area contributed by atoms with E-state index in [-0.39, 0.29) is 5.78 Å². The van der Waals surface area contributed by atoms with Crippen molar-refractivity contribution in [1.29, 1.82) is 0 Å². The van der Waals surface area contributed by atoms with Gasteiger partial charge in [-0.05, 0) is 30.7 Å². The van der Waals surface area contributed by atoms with Crippen molar-refractivity contribution >= 4 is 5.78 Å². The first-order chi connectivity index (χ1) is 4.74. The lowest BCUT2D eigenvalue weighted by Crippen LogP contribution is -2.08. The number of carbonyl (C=O) groups excluding carboxylic acids is 1. The summed E-state index contributed by atoms with van der Waals surface area (Å²) >= 11 is 0. The highest BCUT2D eigenvalue weighted by molar-refractivity contribution is 6.01. The van der Waals surface area contributed by atoms with Crippen molar-refractivity contribution in [1.82, 2.24) is 0 Å². The van der Waals surface area contributed by atoms with E-state index in [1.54, 1.807) is 6.92 Å². The third-order valence-electron chi connectivity index (χ3n) is 1.39. The van der Waals surface area contributed by atoms with Crippen LogP contribution in [0.4, 0.5) is 0 Å². The summed E-state index contributed by atoms with van der Waals surface area (Å²) in [4.78, 5) is 20.7. The van der Waals surface area contributed by atoms with E-state index in [0.29, 0.717) is 5.57 Å². The van der Waals surface area contributed by atoms with Crippen molar-refractivity contribution in [3.63, 3.8) is 0 Å². The van der Waals surface area contributed by atoms with Crippen LogP contribution in [0.1, 0.15) is 6.92 Å². The van der Waals surface area contributed by atoms with E-state index in [1.165, 1.54) is 18.2 Å². The summed E-state index contributed by atoms with van der Waals surface area (Å²) in [6.45, 7) is 1.72. The van der Waals surface area contributed by atoms with Gasteiger partial charge < -0.3 is 0 Å². The summed E-state index contributed by atoms with van der Waals surface area (Å²) < 4.78 is 0. The molecule has 1 aliphatic rings. The SMILES string of the molecule is CC1=CC(=O)C=CC1N=O. The molecule has 0 fully saturated rings. The quantitative estimate of drug-likeness (QED) is 0.510. The monoisotopic (exact) mass is 137 g/mol. The molecular formula is C7H7NO2. The van der Waals surface area contributed by atoms with Crippen LogP contribution in [0.5, 0.6) is 0 Å². The van der Waals surface area contributed by atoms with Crippen molar-refractivity contribution in [2.75, 3.05) is 0 Å². The summed E-state index contributed by atoms with van der Waals surface area (Å²) in [5.74, 6) is -0.0719. The van der Waals surface area contributed by atoms with Crippen molar-refractivity contribution in [3.05, 3.63) is 28.7 Å². The Bertz CT molecular complexity index is 228. The number of carbonyl (C=O) groups is 1. The summed E-state index contributed by atoms with van der Waals surface area (Å²) in [6, 6.07) is -0.433. The zero-order chi connectivity index (χ0) is 7.56. The molecule has 0 amide bonds.